The lowest BCUT2D eigenvalue weighted by Crippen LogP contribution is -2.06. The zero-order valence-corrected chi connectivity index (χ0v) is 21.7. The topological polar surface area (TPSA) is 76.7 Å². The van der Waals surface area contributed by atoms with Crippen molar-refractivity contribution in [1.29, 1.82) is 0 Å². The highest BCUT2D eigenvalue weighted by Crippen LogP contribution is 2.37. The molecule has 5 aromatic carbocycles. The molecule has 0 aliphatic rings. The quantitative estimate of drug-likeness (QED) is 0.257. The van der Waals surface area contributed by atoms with Crippen LogP contribution >= 0.6 is 0 Å². The number of rotatable bonds is 3. The van der Waals surface area contributed by atoms with Crippen molar-refractivity contribution in [2.45, 2.75) is 0 Å². The Labute approximate surface area is 233 Å². The van der Waals surface area contributed by atoms with E-state index in [4.69, 9.17) is 19.9 Å². The number of benzene rings is 5. The van der Waals surface area contributed by atoms with Crippen LogP contribution in [0.5, 0.6) is 0 Å². The van der Waals surface area contributed by atoms with Crippen molar-refractivity contribution in [3.05, 3.63) is 121 Å². The smallest absolute Gasteiger partial charge is 0.238 e. The second-order valence-corrected chi connectivity index (χ2v) is 10.1. The third-order valence-corrected chi connectivity index (χ3v) is 7.73. The molecule has 41 heavy (non-hydrogen) atoms. The van der Waals surface area contributed by atoms with Crippen LogP contribution in [0, 0.1) is 0 Å². The molecule has 7 nitrogen and oxygen atoms in total. The van der Waals surface area contributed by atoms with Gasteiger partial charge in [0.2, 0.25) is 11.7 Å². The molecule has 0 saturated heterocycles. The average Bonchev–Trinajstić information content (AvgIpc) is 3.69. The summed E-state index contributed by atoms with van der Waals surface area (Å²) in [5.41, 5.74) is 7.93. The van der Waals surface area contributed by atoms with Crippen LogP contribution in [-0.2, 0) is 0 Å². The van der Waals surface area contributed by atoms with Crippen LogP contribution < -0.4 is 0 Å². The molecule has 0 aliphatic heterocycles. The minimum absolute atomic E-state index is 0.565. The van der Waals surface area contributed by atoms with E-state index in [1.807, 2.05) is 72.8 Å². The summed E-state index contributed by atoms with van der Waals surface area (Å²) in [5, 5.41) is 2.25. The highest BCUT2D eigenvalue weighted by atomic mass is 15.2. The van der Waals surface area contributed by atoms with E-state index >= 15 is 0 Å². The zero-order valence-electron chi connectivity index (χ0n) is 21.7. The molecule has 9 aromatic rings. The van der Waals surface area contributed by atoms with Gasteiger partial charge in [-0.1, -0.05) is 91.0 Å². The van der Waals surface area contributed by atoms with E-state index in [2.05, 4.69) is 62.5 Å². The highest BCUT2D eigenvalue weighted by Gasteiger charge is 2.22. The van der Waals surface area contributed by atoms with E-state index in [9.17, 15) is 0 Å². The van der Waals surface area contributed by atoms with Gasteiger partial charge >= 0.3 is 0 Å². The van der Waals surface area contributed by atoms with Gasteiger partial charge in [-0.2, -0.15) is 9.97 Å². The molecule has 7 heteroatoms. The minimum atomic E-state index is 0.565. The summed E-state index contributed by atoms with van der Waals surface area (Å²) in [5.74, 6) is 2.62. The van der Waals surface area contributed by atoms with Gasteiger partial charge in [-0.25, -0.2) is 9.97 Å². The maximum absolute atomic E-state index is 5.10. The number of imidazole rings is 2. The molecule has 0 radical (unpaired) electrons. The lowest BCUT2D eigenvalue weighted by molar-refractivity contribution is 0.954. The summed E-state index contributed by atoms with van der Waals surface area (Å²) in [6.07, 6.45) is 0. The van der Waals surface area contributed by atoms with Crippen LogP contribution in [0.25, 0.3) is 78.4 Å². The lowest BCUT2D eigenvalue weighted by atomic mass is 10.1. The fourth-order valence-corrected chi connectivity index (χ4v) is 5.93. The van der Waals surface area contributed by atoms with Gasteiger partial charge in [0.1, 0.15) is 0 Å². The Morgan fingerprint density at radius 1 is 0.488 bits per heavy atom. The molecular formula is C34H21N7. The van der Waals surface area contributed by atoms with Gasteiger partial charge in [-0.05, 0) is 30.3 Å². The zero-order chi connectivity index (χ0) is 26.9. The van der Waals surface area contributed by atoms with Gasteiger partial charge in [-0.15, -0.1) is 0 Å². The van der Waals surface area contributed by atoms with Crippen molar-refractivity contribution in [3.63, 3.8) is 0 Å². The van der Waals surface area contributed by atoms with Crippen molar-refractivity contribution in [2.75, 3.05) is 0 Å². The van der Waals surface area contributed by atoms with Crippen LogP contribution in [-0.4, -0.2) is 33.9 Å². The second-order valence-electron chi connectivity index (χ2n) is 10.1. The van der Waals surface area contributed by atoms with Gasteiger partial charge < -0.3 is 4.98 Å². The number of nitrogens with zero attached hydrogens (tertiary/aromatic N) is 6. The first-order valence-electron chi connectivity index (χ1n) is 13.5. The van der Waals surface area contributed by atoms with Crippen molar-refractivity contribution in [2.24, 2.45) is 0 Å². The normalized spacial score (nSPS) is 11.9. The number of aromatic nitrogens is 7. The molecule has 4 heterocycles. The van der Waals surface area contributed by atoms with E-state index in [1.54, 1.807) is 0 Å². The van der Waals surface area contributed by atoms with Crippen molar-refractivity contribution in [1.82, 2.24) is 33.9 Å². The molecule has 0 bridgehead atoms. The average molecular weight is 528 g/mol. The second kappa shape index (κ2) is 8.34. The SMILES string of the molecule is c1ccc(-c2nc(-c3ccccc3)nc(-n3c4ccccc4c4ccc5[nH]c6nc7ccccc7n6c5c43)n2)cc1. The standard InChI is InChI=1S/C34H21N7/c1-3-11-21(12-4-1)31-37-32(22-13-5-2-6-14-22)39-34(38-31)40-27-17-9-7-15-23(27)24-19-20-26-30(29(24)40)41-28-18-10-8-16-25(28)35-33(41)36-26/h1-20H,(H,35,36). The number of aromatic amines is 1. The van der Waals surface area contributed by atoms with E-state index in [0.29, 0.717) is 17.6 Å². The third kappa shape index (κ3) is 3.20. The van der Waals surface area contributed by atoms with Crippen LogP contribution in [0.2, 0.25) is 0 Å². The Hall–Kier alpha value is -5.82. The number of hydrogen-bond acceptors (Lipinski definition) is 4. The summed E-state index contributed by atoms with van der Waals surface area (Å²) in [6.45, 7) is 0. The molecule has 4 aromatic heterocycles. The number of H-pyrrole nitrogens is 1. The summed E-state index contributed by atoms with van der Waals surface area (Å²) < 4.78 is 4.38. The van der Waals surface area contributed by atoms with Crippen LogP contribution in [0.4, 0.5) is 0 Å². The molecule has 0 amide bonds. The van der Waals surface area contributed by atoms with Gasteiger partial charge in [0, 0.05) is 21.9 Å². The van der Waals surface area contributed by atoms with Gasteiger partial charge in [0.05, 0.1) is 33.1 Å². The molecule has 1 N–H and O–H groups in total. The van der Waals surface area contributed by atoms with E-state index in [0.717, 1.165) is 60.8 Å². The molecule has 9 rings (SSSR count). The number of nitrogens with one attached hydrogen (secondary N) is 1. The molecule has 0 spiro atoms. The van der Waals surface area contributed by atoms with Gasteiger partial charge in [0.25, 0.3) is 0 Å². The Balaban J connectivity index is 1.47. The fourth-order valence-electron chi connectivity index (χ4n) is 5.93. The Morgan fingerprint density at radius 2 is 1.12 bits per heavy atom. The van der Waals surface area contributed by atoms with Gasteiger partial charge in [0.15, 0.2) is 11.6 Å². The first-order valence-corrected chi connectivity index (χ1v) is 13.5. The maximum atomic E-state index is 5.10. The predicted octanol–water partition coefficient (Wildman–Crippen LogP) is 7.58. The minimum Gasteiger partial charge on any atom is -0.323 e. The fraction of sp³-hybridized carbons (Fsp3) is 0. The third-order valence-electron chi connectivity index (χ3n) is 7.73. The number of hydrogen-bond donors (Lipinski definition) is 1. The molecule has 192 valence electrons. The van der Waals surface area contributed by atoms with Crippen molar-refractivity contribution >= 4 is 49.7 Å². The van der Waals surface area contributed by atoms with E-state index in [-0.39, 0.29) is 0 Å². The lowest BCUT2D eigenvalue weighted by Gasteiger charge is -2.11. The van der Waals surface area contributed by atoms with Crippen LogP contribution in [0.1, 0.15) is 0 Å². The Morgan fingerprint density at radius 3 is 1.85 bits per heavy atom. The van der Waals surface area contributed by atoms with E-state index < -0.39 is 0 Å². The summed E-state index contributed by atoms with van der Waals surface area (Å²) in [7, 11) is 0. The van der Waals surface area contributed by atoms with Crippen LogP contribution in [0.3, 0.4) is 0 Å². The largest absolute Gasteiger partial charge is 0.323 e. The maximum Gasteiger partial charge on any atom is 0.238 e. The Kier molecular flexibility index (Phi) is 4.48. The summed E-state index contributed by atoms with van der Waals surface area (Å²) >= 11 is 0. The Bertz CT molecular complexity index is 2360. The molecule has 0 saturated carbocycles. The summed E-state index contributed by atoms with van der Waals surface area (Å²) in [6, 6.07) is 41.1. The molecule has 0 unspecified atom stereocenters. The molecular weight excluding hydrogens is 506 g/mol. The predicted molar refractivity (Wildman–Crippen MR) is 163 cm³/mol. The summed E-state index contributed by atoms with van der Waals surface area (Å²) in [4.78, 5) is 23.5. The van der Waals surface area contributed by atoms with Crippen molar-refractivity contribution in [3.8, 4) is 28.7 Å². The number of para-hydroxylation sites is 3. The monoisotopic (exact) mass is 527 g/mol. The molecule has 0 aliphatic carbocycles. The molecule has 0 atom stereocenters. The molecule has 0 fully saturated rings. The highest BCUT2D eigenvalue weighted by molar-refractivity contribution is 6.18. The van der Waals surface area contributed by atoms with Crippen molar-refractivity contribution < 1.29 is 0 Å². The van der Waals surface area contributed by atoms with E-state index in [1.165, 1.54) is 0 Å². The first-order chi connectivity index (χ1) is 20.3. The first kappa shape index (κ1) is 22.0. The van der Waals surface area contributed by atoms with Crippen LogP contribution in [0.15, 0.2) is 121 Å². The number of fused-ring (bicyclic) bond motifs is 9. The van der Waals surface area contributed by atoms with Gasteiger partial charge in [-0.3, -0.25) is 8.97 Å².